The number of carbonyl (C=O) groups excluding carboxylic acids is 2. The molecular formula is C35H36BFN2O6. The number of benzene rings is 3. The molecule has 0 aromatic heterocycles. The minimum atomic E-state index is -1.12. The Labute approximate surface area is 262 Å². The normalized spacial score (nSPS) is 23.3. The van der Waals surface area contributed by atoms with Crippen LogP contribution in [0.5, 0.6) is 5.75 Å². The first-order valence-electron chi connectivity index (χ1n) is 15.4. The van der Waals surface area contributed by atoms with Crippen LogP contribution in [0.3, 0.4) is 0 Å². The van der Waals surface area contributed by atoms with E-state index >= 15 is 0 Å². The largest absolute Gasteiger partial charge is 0.505 e. The summed E-state index contributed by atoms with van der Waals surface area (Å²) in [5.74, 6) is -3.43. The molecule has 6 rings (SSSR count). The zero-order valence-electron chi connectivity index (χ0n) is 25.0. The summed E-state index contributed by atoms with van der Waals surface area (Å²) in [6.45, 7) is 1.73. The zero-order chi connectivity index (χ0) is 31.7. The summed E-state index contributed by atoms with van der Waals surface area (Å²) < 4.78 is 19.9. The number of aliphatic hydroxyl groups excluding tert-OH is 1. The number of phenols is 1. The van der Waals surface area contributed by atoms with Gasteiger partial charge in [0.1, 0.15) is 0 Å². The van der Waals surface area contributed by atoms with Crippen LogP contribution in [-0.4, -0.2) is 46.9 Å². The van der Waals surface area contributed by atoms with E-state index in [-0.39, 0.29) is 31.2 Å². The second-order valence-electron chi connectivity index (χ2n) is 11.9. The summed E-state index contributed by atoms with van der Waals surface area (Å²) in [6.07, 6.45) is 3.48. The van der Waals surface area contributed by atoms with Crippen LogP contribution in [-0.2, 0) is 14.2 Å². The standard InChI is InChI=1S/C35H36BFN2O6/c1-2-21(16-22-8-14-30(41)29(37)17-22)9-15-31-32-23(20-40)18-27-33(28(32)19-36(44)45-31)35(43)39(34(27)42)26-12-10-25(11-13-26)38-24-6-4-3-5-7-24/h3-8,10-14,16-17,27-28,31,33,38,40-41,44H,2,9,15,18-20H2,1H3/b21-16+/t27-,28+,31-,33-/m1/s1. The number of rotatable bonds is 9. The summed E-state index contributed by atoms with van der Waals surface area (Å²) in [5.41, 5.74) is 5.36. The molecule has 2 saturated heterocycles. The molecule has 0 bridgehead atoms. The number of aliphatic hydroxyl groups is 1. The number of allylic oxidation sites excluding steroid dienone is 1. The fourth-order valence-corrected chi connectivity index (χ4v) is 7.06. The van der Waals surface area contributed by atoms with Gasteiger partial charge in [0, 0.05) is 11.4 Å². The molecule has 2 aliphatic heterocycles. The van der Waals surface area contributed by atoms with E-state index in [2.05, 4.69) is 5.32 Å². The van der Waals surface area contributed by atoms with Crippen LogP contribution in [0.15, 0.2) is 89.5 Å². The number of nitrogens with one attached hydrogen (secondary N) is 1. The van der Waals surface area contributed by atoms with E-state index in [4.69, 9.17) is 4.65 Å². The summed E-state index contributed by atoms with van der Waals surface area (Å²) >= 11 is 0. The van der Waals surface area contributed by atoms with E-state index in [1.54, 1.807) is 18.2 Å². The topological polar surface area (TPSA) is 119 Å². The molecule has 2 fully saturated rings. The molecule has 4 atom stereocenters. The van der Waals surface area contributed by atoms with Gasteiger partial charge in [0.15, 0.2) is 11.6 Å². The van der Waals surface area contributed by atoms with Crippen molar-refractivity contribution in [1.29, 1.82) is 0 Å². The van der Waals surface area contributed by atoms with E-state index < -0.39 is 42.5 Å². The Bertz CT molecular complexity index is 1640. The number of nitrogens with zero attached hydrogens (tertiary/aromatic N) is 1. The third-order valence-electron chi connectivity index (χ3n) is 9.21. The van der Waals surface area contributed by atoms with Crippen molar-refractivity contribution in [3.8, 4) is 5.75 Å². The Morgan fingerprint density at radius 2 is 1.78 bits per heavy atom. The van der Waals surface area contributed by atoms with E-state index in [9.17, 15) is 29.2 Å². The highest BCUT2D eigenvalue weighted by atomic mass is 19.1. The van der Waals surface area contributed by atoms with Crippen LogP contribution in [0, 0.1) is 23.6 Å². The van der Waals surface area contributed by atoms with Crippen molar-refractivity contribution in [2.75, 3.05) is 16.8 Å². The molecule has 0 saturated carbocycles. The quantitative estimate of drug-likeness (QED) is 0.137. The average molecular weight is 610 g/mol. The van der Waals surface area contributed by atoms with Gasteiger partial charge < -0.3 is 25.2 Å². The van der Waals surface area contributed by atoms with Gasteiger partial charge >= 0.3 is 7.12 Å². The van der Waals surface area contributed by atoms with Crippen molar-refractivity contribution in [3.05, 3.63) is 101 Å². The second-order valence-corrected chi connectivity index (χ2v) is 11.9. The first-order valence-corrected chi connectivity index (χ1v) is 15.4. The highest BCUT2D eigenvalue weighted by molar-refractivity contribution is 6.43. The summed E-state index contributed by atoms with van der Waals surface area (Å²) in [6, 6.07) is 21.1. The monoisotopic (exact) mass is 610 g/mol. The fourth-order valence-electron chi connectivity index (χ4n) is 7.06. The predicted molar refractivity (Wildman–Crippen MR) is 171 cm³/mol. The number of para-hydroxylation sites is 1. The van der Waals surface area contributed by atoms with Crippen molar-refractivity contribution in [2.45, 2.75) is 45.0 Å². The number of anilines is 3. The lowest BCUT2D eigenvalue weighted by Gasteiger charge is -2.43. The fraction of sp³-hybridized carbons (Fsp3) is 0.314. The molecule has 1 aliphatic carbocycles. The molecular weight excluding hydrogens is 574 g/mol. The molecule has 8 nitrogen and oxygen atoms in total. The van der Waals surface area contributed by atoms with Gasteiger partial charge in [-0.25, -0.2) is 4.39 Å². The molecule has 2 amide bonds. The number of amides is 2. The van der Waals surface area contributed by atoms with Gasteiger partial charge in [-0.15, -0.1) is 0 Å². The molecule has 10 heteroatoms. The molecule has 0 unspecified atom stereocenters. The summed E-state index contributed by atoms with van der Waals surface area (Å²) in [7, 11) is -1.12. The Hall–Kier alpha value is -4.25. The number of halogens is 1. The number of fused-ring (bicyclic) bond motifs is 3. The highest BCUT2D eigenvalue weighted by Gasteiger charge is 2.57. The summed E-state index contributed by atoms with van der Waals surface area (Å²) in [5, 5.41) is 34.0. The first-order chi connectivity index (χ1) is 21.8. The van der Waals surface area contributed by atoms with Crippen LogP contribution in [0.25, 0.3) is 6.08 Å². The SMILES string of the molecule is CC/C(=C\c1ccc(O)c(F)c1)CC[C@H]1OB(O)C[C@H]2C1=C(CO)C[C@H]1C(=O)N(c3ccc(Nc4ccccc4)cc3)C(=O)[C@H]12. The van der Waals surface area contributed by atoms with Crippen molar-refractivity contribution in [1.82, 2.24) is 0 Å². The van der Waals surface area contributed by atoms with Crippen molar-refractivity contribution < 1.29 is 33.9 Å². The zero-order valence-corrected chi connectivity index (χ0v) is 25.0. The average Bonchev–Trinajstić information content (AvgIpc) is 3.30. The third kappa shape index (κ3) is 6.18. The molecule has 3 aromatic carbocycles. The van der Waals surface area contributed by atoms with Crippen molar-refractivity contribution in [2.24, 2.45) is 17.8 Å². The minimum Gasteiger partial charge on any atom is -0.505 e. The third-order valence-corrected chi connectivity index (χ3v) is 9.21. The number of phenolic OH excluding ortho intramolecular Hbond substituents is 1. The number of carbonyl (C=O) groups is 2. The predicted octanol–water partition coefficient (Wildman–Crippen LogP) is 5.84. The van der Waals surface area contributed by atoms with Crippen molar-refractivity contribution in [3.63, 3.8) is 0 Å². The molecule has 4 N–H and O–H groups in total. The molecule has 2 heterocycles. The lowest BCUT2D eigenvalue weighted by atomic mass is 9.58. The van der Waals surface area contributed by atoms with Crippen LogP contribution in [0.2, 0.25) is 6.32 Å². The Kier molecular flexibility index (Phi) is 8.89. The maximum absolute atomic E-state index is 14.0. The van der Waals surface area contributed by atoms with Gasteiger partial charge in [0.05, 0.1) is 30.2 Å². The Morgan fingerprint density at radius 1 is 1.04 bits per heavy atom. The lowest BCUT2D eigenvalue weighted by molar-refractivity contribution is -0.122. The van der Waals surface area contributed by atoms with Crippen LogP contribution >= 0.6 is 0 Å². The first kappa shape index (κ1) is 30.8. The van der Waals surface area contributed by atoms with Gasteiger partial charge in [-0.1, -0.05) is 42.8 Å². The Morgan fingerprint density at radius 3 is 2.47 bits per heavy atom. The maximum atomic E-state index is 14.0. The molecule has 45 heavy (non-hydrogen) atoms. The van der Waals surface area contributed by atoms with Gasteiger partial charge in [-0.05, 0) is 103 Å². The highest BCUT2D eigenvalue weighted by Crippen LogP contribution is 2.51. The molecule has 0 radical (unpaired) electrons. The lowest BCUT2D eigenvalue weighted by Crippen LogP contribution is -2.46. The maximum Gasteiger partial charge on any atom is 0.455 e. The van der Waals surface area contributed by atoms with Crippen LogP contribution < -0.4 is 10.2 Å². The second kappa shape index (κ2) is 13.0. The smallest absolute Gasteiger partial charge is 0.455 e. The van der Waals surface area contributed by atoms with Crippen molar-refractivity contribution >= 4 is 42.1 Å². The van der Waals surface area contributed by atoms with Crippen LogP contribution in [0.1, 0.15) is 38.2 Å². The molecule has 0 spiro atoms. The van der Waals surface area contributed by atoms with Gasteiger partial charge in [-0.3, -0.25) is 14.5 Å². The molecule has 3 aliphatic rings. The van der Waals surface area contributed by atoms with E-state index in [0.717, 1.165) is 22.5 Å². The van der Waals surface area contributed by atoms with E-state index in [0.29, 0.717) is 36.1 Å². The summed E-state index contributed by atoms with van der Waals surface area (Å²) in [4.78, 5) is 29.0. The number of hydrogen-bond donors (Lipinski definition) is 4. The number of imide groups is 1. The van der Waals surface area contributed by atoms with Gasteiger partial charge in [-0.2, -0.15) is 0 Å². The molecule has 3 aromatic rings. The van der Waals surface area contributed by atoms with Gasteiger partial charge in [0.2, 0.25) is 11.8 Å². The number of hydrogen-bond acceptors (Lipinski definition) is 7. The minimum absolute atomic E-state index is 0.159. The number of aromatic hydroxyl groups is 1. The van der Waals surface area contributed by atoms with E-state index in [1.165, 1.54) is 17.0 Å². The van der Waals surface area contributed by atoms with Gasteiger partial charge in [0.25, 0.3) is 0 Å². The Balaban J connectivity index is 1.22. The van der Waals surface area contributed by atoms with Crippen LogP contribution in [0.4, 0.5) is 21.5 Å². The van der Waals surface area contributed by atoms with E-state index in [1.807, 2.05) is 55.5 Å². The molecule has 232 valence electrons.